The fourth-order valence-corrected chi connectivity index (χ4v) is 4.81. The molecular weight excluding hydrogens is 562 g/mol. The lowest BCUT2D eigenvalue weighted by atomic mass is 9.82. The molecule has 1 aromatic rings. The molecule has 3 atom stereocenters. The van der Waals surface area contributed by atoms with E-state index < -0.39 is 35.4 Å². The van der Waals surface area contributed by atoms with Crippen molar-refractivity contribution in [3.05, 3.63) is 42.0 Å². The number of allylic oxidation sites excluding steroid dienone is 1. The van der Waals surface area contributed by atoms with E-state index in [2.05, 4.69) is 24.1 Å². The molecule has 0 unspecified atom stereocenters. The largest absolute Gasteiger partial charge is 0.481 e. The van der Waals surface area contributed by atoms with Crippen molar-refractivity contribution in [1.29, 1.82) is 0 Å². The van der Waals surface area contributed by atoms with Crippen LogP contribution in [0.15, 0.2) is 36.4 Å². The predicted molar refractivity (Wildman–Crippen MR) is 171 cm³/mol. The number of aliphatic hydroxyl groups is 1. The summed E-state index contributed by atoms with van der Waals surface area (Å²) in [6, 6.07) is 5.44. The summed E-state index contributed by atoms with van der Waals surface area (Å²) in [6.45, 7) is 7.40. The maximum Gasteiger partial charge on any atom is 0.336 e. The van der Waals surface area contributed by atoms with E-state index in [0.29, 0.717) is 24.2 Å². The maximum absolute atomic E-state index is 13.3. The normalized spacial score (nSPS) is 13.8. The van der Waals surface area contributed by atoms with Crippen LogP contribution in [0.1, 0.15) is 103 Å². The molecule has 0 radical (unpaired) electrons. The number of rotatable bonds is 25. The van der Waals surface area contributed by atoms with E-state index in [1.165, 1.54) is 31.8 Å². The number of carboxylic acids is 2. The Labute approximate surface area is 263 Å². The smallest absolute Gasteiger partial charge is 0.336 e. The Bertz CT molecular complexity index is 1060. The van der Waals surface area contributed by atoms with Crippen molar-refractivity contribution in [2.75, 3.05) is 19.8 Å². The lowest BCUT2D eigenvalue weighted by Gasteiger charge is -2.30. The minimum atomic E-state index is -2.37. The Hall–Kier alpha value is -3.35. The molecule has 0 heterocycles. The molecule has 0 aliphatic rings. The van der Waals surface area contributed by atoms with Gasteiger partial charge in [-0.3, -0.25) is 4.79 Å². The van der Waals surface area contributed by atoms with Gasteiger partial charge in [0.2, 0.25) is 5.91 Å². The number of hydrogen-bond donors (Lipinski definition) is 4. The highest BCUT2D eigenvalue weighted by molar-refractivity contribution is 5.92. The first-order valence-corrected chi connectivity index (χ1v) is 16.0. The van der Waals surface area contributed by atoms with Crippen LogP contribution in [0.5, 0.6) is 5.75 Å². The average molecular weight is 616 g/mol. The molecule has 0 bridgehead atoms. The lowest BCUT2D eigenvalue weighted by Crippen LogP contribution is -2.54. The Morgan fingerprint density at radius 3 is 2.14 bits per heavy atom. The van der Waals surface area contributed by atoms with Crippen LogP contribution >= 0.6 is 0 Å². The van der Waals surface area contributed by atoms with E-state index in [4.69, 9.17) is 9.47 Å². The molecular formula is C35H53NO8. The minimum Gasteiger partial charge on any atom is -0.481 e. The second-order valence-electron chi connectivity index (χ2n) is 11.1. The number of aliphatic carboxylic acids is 2. The quantitative estimate of drug-likeness (QED) is 0.0603. The van der Waals surface area contributed by atoms with Crippen molar-refractivity contribution >= 4 is 17.8 Å². The Kier molecular flexibility index (Phi) is 20.3. The highest BCUT2D eigenvalue weighted by Gasteiger charge is 2.46. The summed E-state index contributed by atoms with van der Waals surface area (Å²) in [5.74, 6) is 1.00. The van der Waals surface area contributed by atoms with Gasteiger partial charge >= 0.3 is 11.9 Å². The van der Waals surface area contributed by atoms with Crippen LogP contribution in [-0.4, -0.2) is 64.6 Å². The first-order valence-electron chi connectivity index (χ1n) is 16.0. The van der Waals surface area contributed by atoms with Crippen LogP contribution in [0.3, 0.4) is 0 Å². The number of nitrogens with one attached hydrogen (secondary N) is 1. The number of unbranched alkanes of at least 4 members (excludes halogenated alkanes) is 8. The first-order chi connectivity index (χ1) is 21.2. The molecule has 44 heavy (non-hydrogen) atoms. The van der Waals surface area contributed by atoms with Crippen LogP contribution in [0.4, 0.5) is 0 Å². The molecule has 1 rings (SSSR count). The standard InChI is InChI=1S/C35H53NO8/c1-4-7-9-13-16-24-43-25-17-14-11-10-12-15-18-30(35(42,23-6-3)34(40)41)32(37)36-31(33(38)39)27-28-19-21-29(22-20-28)44-26-8-5-2/h15,18-22,30-31,42H,4,6-7,9-14,16-17,23-27H2,1-3H3,(H,36,37)(H,38,39)(H,40,41)/b18-15+/t30-,31+,35+/m1/s1. The van der Waals surface area contributed by atoms with Gasteiger partial charge < -0.3 is 30.1 Å². The van der Waals surface area contributed by atoms with Gasteiger partial charge in [0.15, 0.2) is 5.60 Å². The van der Waals surface area contributed by atoms with Gasteiger partial charge in [-0.15, -0.1) is 5.92 Å². The first kappa shape index (κ1) is 38.7. The summed E-state index contributed by atoms with van der Waals surface area (Å²) in [5, 5.41) is 33.2. The molecule has 0 saturated heterocycles. The monoisotopic (exact) mass is 615 g/mol. The van der Waals surface area contributed by atoms with Crippen LogP contribution in [0.2, 0.25) is 0 Å². The molecule has 0 aliphatic heterocycles. The van der Waals surface area contributed by atoms with Crippen molar-refractivity contribution < 1.29 is 39.2 Å². The molecule has 1 amide bonds. The van der Waals surface area contributed by atoms with E-state index >= 15 is 0 Å². The number of carbonyl (C=O) groups excluding carboxylic acids is 1. The van der Waals surface area contributed by atoms with E-state index in [1.807, 2.05) is 0 Å². The third-order valence-corrected chi connectivity index (χ3v) is 7.39. The zero-order valence-corrected chi connectivity index (χ0v) is 26.8. The summed E-state index contributed by atoms with van der Waals surface area (Å²) < 4.78 is 11.2. The molecule has 0 saturated carbocycles. The number of benzene rings is 1. The molecule has 0 fully saturated rings. The molecule has 0 aliphatic carbocycles. The van der Waals surface area contributed by atoms with Crippen molar-refractivity contribution in [2.24, 2.45) is 5.92 Å². The average Bonchev–Trinajstić information content (AvgIpc) is 2.99. The van der Waals surface area contributed by atoms with Crippen molar-refractivity contribution in [3.63, 3.8) is 0 Å². The van der Waals surface area contributed by atoms with Gasteiger partial charge in [0.05, 0.1) is 5.92 Å². The van der Waals surface area contributed by atoms with Crippen molar-refractivity contribution in [3.8, 4) is 17.6 Å². The van der Waals surface area contributed by atoms with Crippen LogP contribution < -0.4 is 10.1 Å². The van der Waals surface area contributed by atoms with Gasteiger partial charge in [-0.2, -0.15) is 0 Å². The Morgan fingerprint density at radius 1 is 0.932 bits per heavy atom. The molecule has 4 N–H and O–H groups in total. The number of amides is 1. The van der Waals surface area contributed by atoms with Gasteiger partial charge in [-0.1, -0.05) is 89.0 Å². The SMILES string of the molecule is CC#CCOc1ccc(C[C@H](NC(=O)[C@@H](/C=C/CCCCCCOCCCCCCC)[C@@](O)(CCC)C(=O)O)C(=O)O)cc1. The summed E-state index contributed by atoms with van der Waals surface area (Å²) >= 11 is 0. The van der Waals surface area contributed by atoms with Crippen LogP contribution in [0, 0.1) is 17.8 Å². The van der Waals surface area contributed by atoms with Gasteiger partial charge in [-0.25, -0.2) is 9.59 Å². The Balaban J connectivity index is 2.73. The van der Waals surface area contributed by atoms with Gasteiger partial charge in [0.25, 0.3) is 0 Å². The third kappa shape index (κ3) is 15.4. The molecule has 0 spiro atoms. The van der Waals surface area contributed by atoms with E-state index in [1.54, 1.807) is 44.2 Å². The number of carboxylic acid groups (broad SMARTS) is 2. The Morgan fingerprint density at radius 2 is 1.57 bits per heavy atom. The van der Waals surface area contributed by atoms with Crippen molar-refractivity contribution in [1.82, 2.24) is 5.32 Å². The second kappa shape index (κ2) is 23.1. The highest BCUT2D eigenvalue weighted by atomic mass is 16.5. The summed E-state index contributed by atoms with van der Waals surface area (Å²) in [6.07, 6.45) is 13.7. The van der Waals surface area contributed by atoms with E-state index in [-0.39, 0.29) is 19.4 Å². The lowest BCUT2D eigenvalue weighted by molar-refractivity contribution is -0.167. The minimum absolute atomic E-state index is 0.0333. The topological polar surface area (TPSA) is 142 Å². The van der Waals surface area contributed by atoms with E-state index in [9.17, 15) is 29.7 Å². The van der Waals surface area contributed by atoms with Gasteiger partial charge in [0, 0.05) is 19.6 Å². The van der Waals surface area contributed by atoms with Gasteiger partial charge in [0.1, 0.15) is 18.4 Å². The van der Waals surface area contributed by atoms with Crippen LogP contribution in [0.25, 0.3) is 0 Å². The second-order valence-corrected chi connectivity index (χ2v) is 11.1. The zero-order valence-electron chi connectivity index (χ0n) is 26.8. The third-order valence-electron chi connectivity index (χ3n) is 7.39. The summed E-state index contributed by atoms with van der Waals surface area (Å²) in [4.78, 5) is 37.5. The maximum atomic E-state index is 13.3. The molecule has 9 nitrogen and oxygen atoms in total. The van der Waals surface area contributed by atoms with Crippen molar-refractivity contribution in [2.45, 2.75) is 116 Å². The summed E-state index contributed by atoms with van der Waals surface area (Å²) in [7, 11) is 0. The zero-order chi connectivity index (χ0) is 32.6. The fourth-order valence-electron chi connectivity index (χ4n) is 4.81. The van der Waals surface area contributed by atoms with E-state index in [0.717, 1.165) is 45.3 Å². The molecule has 9 heteroatoms. The highest BCUT2D eigenvalue weighted by Crippen LogP contribution is 2.27. The van der Waals surface area contributed by atoms with Crippen LogP contribution in [-0.2, 0) is 25.5 Å². The molecule has 246 valence electrons. The number of ether oxygens (including phenoxy) is 2. The predicted octanol–water partition coefficient (Wildman–Crippen LogP) is 5.93. The summed E-state index contributed by atoms with van der Waals surface area (Å²) in [5.41, 5.74) is -1.73. The fraction of sp³-hybridized carbons (Fsp3) is 0.629. The number of carbonyl (C=O) groups is 3. The number of hydrogen-bond acceptors (Lipinski definition) is 6. The molecule has 0 aromatic heterocycles. The van der Waals surface area contributed by atoms with Gasteiger partial charge in [-0.05, 0) is 56.7 Å². The molecule has 1 aromatic carbocycles.